The fourth-order valence-electron chi connectivity index (χ4n) is 2.38. The molecule has 2 rings (SSSR count). The predicted octanol–water partition coefficient (Wildman–Crippen LogP) is 2.28. The van der Waals surface area contributed by atoms with Gasteiger partial charge in [0, 0.05) is 30.6 Å². The third-order valence-corrected chi connectivity index (χ3v) is 4.49. The normalized spacial score (nSPS) is 25.1. The Hall–Kier alpha value is -0.480. The summed E-state index contributed by atoms with van der Waals surface area (Å²) < 4.78 is 2.06. The maximum Gasteiger partial charge on any atom is 0.0522 e. The van der Waals surface area contributed by atoms with Crippen LogP contribution in [-0.4, -0.2) is 27.3 Å². The largest absolute Gasteiger partial charge is 0.308 e. The standard InChI is InChI=1S/C12H21N3S/c1-3-15-11(6-7-14-15)9-13-10-4-5-12(8-10)16-2/h6-7,10,12-13H,3-5,8-9H2,1-2H3. The fourth-order valence-corrected chi connectivity index (χ4v) is 3.18. The minimum Gasteiger partial charge on any atom is -0.308 e. The minimum atomic E-state index is 0.706. The summed E-state index contributed by atoms with van der Waals surface area (Å²) in [6.45, 7) is 4.05. The third kappa shape index (κ3) is 2.80. The van der Waals surface area contributed by atoms with E-state index in [9.17, 15) is 0 Å². The highest BCUT2D eigenvalue weighted by Gasteiger charge is 2.23. The summed E-state index contributed by atoms with van der Waals surface area (Å²) in [4.78, 5) is 0. The Morgan fingerprint density at radius 1 is 1.56 bits per heavy atom. The SMILES string of the molecule is CCn1nccc1CNC1CCC(SC)C1. The Balaban J connectivity index is 1.80. The molecule has 90 valence electrons. The first-order valence-corrected chi connectivity index (χ1v) is 7.39. The van der Waals surface area contributed by atoms with Crippen LogP contribution in [0.3, 0.4) is 0 Å². The number of hydrogen-bond donors (Lipinski definition) is 1. The molecule has 1 aliphatic rings. The van der Waals surface area contributed by atoms with Crippen molar-refractivity contribution in [2.75, 3.05) is 6.26 Å². The van der Waals surface area contributed by atoms with Crippen LogP contribution in [0.15, 0.2) is 12.3 Å². The van der Waals surface area contributed by atoms with Gasteiger partial charge in [-0.2, -0.15) is 16.9 Å². The summed E-state index contributed by atoms with van der Waals surface area (Å²) >= 11 is 2.01. The molecule has 0 amide bonds. The lowest BCUT2D eigenvalue weighted by Gasteiger charge is -2.13. The molecule has 0 saturated heterocycles. The molecule has 0 bridgehead atoms. The van der Waals surface area contributed by atoms with Gasteiger partial charge in [0.1, 0.15) is 0 Å². The number of nitrogens with zero attached hydrogens (tertiary/aromatic N) is 2. The number of nitrogens with one attached hydrogen (secondary N) is 1. The third-order valence-electron chi connectivity index (χ3n) is 3.39. The van der Waals surface area contributed by atoms with Gasteiger partial charge in [-0.05, 0) is 38.5 Å². The molecule has 0 aliphatic heterocycles. The zero-order valence-corrected chi connectivity index (χ0v) is 11.0. The van der Waals surface area contributed by atoms with E-state index in [0.717, 1.165) is 18.3 Å². The molecule has 1 N–H and O–H groups in total. The fraction of sp³-hybridized carbons (Fsp3) is 0.750. The second-order valence-electron chi connectivity index (χ2n) is 4.39. The van der Waals surface area contributed by atoms with Crippen LogP contribution in [0.5, 0.6) is 0 Å². The van der Waals surface area contributed by atoms with Gasteiger partial charge in [-0.25, -0.2) is 0 Å². The van der Waals surface area contributed by atoms with E-state index in [4.69, 9.17) is 0 Å². The number of rotatable bonds is 5. The molecule has 0 aromatic carbocycles. The average Bonchev–Trinajstić information content (AvgIpc) is 2.94. The van der Waals surface area contributed by atoms with E-state index in [-0.39, 0.29) is 0 Å². The first-order valence-electron chi connectivity index (χ1n) is 6.10. The second kappa shape index (κ2) is 5.73. The Labute approximate surface area is 102 Å². The molecule has 16 heavy (non-hydrogen) atoms. The quantitative estimate of drug-likeness (QED) is 0.855. The van der Waals surface area contributed by atoms with Gasteiger partial charge in [0.2, 0.25) is 0 Å². The van der Waals surface area contributed by atoms with Crippen LogP contribution in [0.4, 0.5) is 0 Å². The van der Waals surface area contributed by atoms with Crippen molar-refractivity contribution in [1.82, 2.24) is 15.1 Å². The minimum absolute atomic E-state index is 0.706. The van der Waals surface area contributed by atoms with E-state index in [0.29, 0.717) is 6.04 Å². The Bertz CT molecular complexity index is 324. The molecule has 1 heterocycles. The maximum atomic E-state index is 4.28. The summed E-state index contributed by atoms with van der Waals surface area (Å²) in [5, 5.41) is 8.80. The smallest absolute Gasteiger partial charge is 0.0522 e. The van der Waals surface area contributed by atoms with E-state index in [1.165, 1.54) is 25.0 Å². The van der Waals surface area contributed by atoms with Crippen LogP contribution in [0.2, 0.25) is 0 Å². The molecular weight excluding hydrogens is 218 g/mol. The molecule has 1 fully saturated rings. The highest BCUT2D eigenvalue weighted by atomic mass is 32.2. The lowest BCUT2D eigenvalue weighted by Crippen LogP contribution is -2.27. The summed E-state index contributed by atoms with van der Waals surface area (Å²) in [6, 6.07) is 2.81. The molecule has 2 unspecified atom stereocenters. The monoisotopic (exact) mass is 239 g/mol. The Morgan fingerprint density at radius 3 is 3.12 bits per heavy atom. The van der Waals surface area contributed by atoms with Gasteiger partial charge in [0.15, 0.2) is 0 Å². The zero-order chi connectivity index (χ0) is 11.4. The van der Waals surface area contributed by atoms with Crippen LogP contribution in [-0.2, 0) is 13.1 Å². The number of hydrogen-bond acceptors (Lipinski definition) is 3. The van der Waals surface area contributed by atoms with Crippen molar-refractivity contribution in [2.24, 2.45) is 0 Å². The van der Waals surface area contributed by atoms with Crippen LogP contribution < -0.4 is 5.32 Å². The van der Waals surface area contributed by atoms with Gasteiger partial charge in [0.25, 0.3) is 0 Å². The number of aromatic nitrogens is 2. The summed E-state index contributed by atoms with van der Waals surface area (Å²) in [7, 11) is 0. The van der Waals surface area contributed by atoms with Crippen molar-refractivity contribution < 1.29 is 0 Å². The van der Waals surface area contributed by atoms with Crippen molar-refractivity contribution in [3.63, 3.8) is 0 Å². The Morgan fingerprint density at radius 2 is 2.44 bits per heavy atom. The van der Waals surface area contributed by atoms with Crippen LogP contribution >= 0.6 is 11.8 Å². The first-order chi connectivity index (χ1) is 7.83. The first kappa shape index (κ1) is 12.0. The Kier molecular flexibility index (Phi) is 4.29. The molecule has 1 aliphatic carbocycles. The van der Waals surface area contributed by atoms with E-state index in [2.05, 4.69) is 34.3 Å². The van der Waals surface area contributed by atoms with Crippen molar-refractivity contribution in [3.8, 4) is 0 Å². The molecule has 1 saturated carbocycles. The van der Waals surface area contributed by atoms with Crippen molar-refractivity contribution in [3.05, 3.63) is 18.0 Å². The molecule has 0 radical (unpaired) electrons. The number of thioether (sulfide) groups is 1. The van der Waals surface area contributed by atoms with Crippen LogP contribution in [0.25, 0.3) is 0 Å². The van der Waals surface area contributed by atoms with Crippen molar-refractivity contribution >= 4 is 11.8 Å². The molecule has 1 aromatic rings. The van der Waals surface area contributed by atoms with Gasteiger partial charge >= 0.3 is 0 Å². The second-order valence-corrected chi connectivity index (χ2v) is 5.52. The highest BCUT2D eigenvalue weighted by Crippen LogP contribution is 2.28. The lowest BCUT2D eigenvalue weighted by atomic mass is 10.2. The van der Waals surface area contributed by atoms with E-state index in [1.54, 1.807) is 0 Å². The van der Waals surface area contributed by atoms with E-state index >= 15 is 0 Å². The summed E-state index contributed by atoms with van der Waals surface area (Å²) in [5.41, 5.74) is 1.30. The van der Waals surface area contributed by atoms with Gasteiger partial charge in [-0.15, -0.1) is 0 Å². The van der Waals surface area contributed by atoms with Crippen LogP contribution in [0.1, 0.15) is 31.9 Å². The maximum absolute atomic E-state index is 4.28. The zero-order valence-electron chi connectivity index (χ0n) is 10.1. The topological polar surface area (TPSA) is 29.9 Å². The molecule has 0 spiro atoms. The van der Waals surface area contributed by atoms with Crippen LogP contribution in [0, 0.1) is 0 Å². The average molecular weight is 239 g/mol. The number of aryl methyl sites for hydroxylation is 1. The summed E-state index contributed by atoms with van der Waals surface area (Å²) in [6.07, 6.45) is 8.12. The summed E-state index contributed by atoms with van der Waals surface area (Å²) in [5.74, 6) is 0. The van der Waals surface area contributed by atoms with Gasteiger partial charge in [-0.3, -0.25) is 4.68 Å². The predicted molar refractivity (Wildman–Crippen MR) is 69.7 cm³/mol. The molecule has 1 aromatic heterocycles. The van der Waals surface area contributed by atoms with Gasteiger partial charge in [0.05, 0.1) is 5.69 Å². The highest BCUT2D eigenvalue weighted by molar-refractivity contribution is 7.99. The molecule has 3 nitrogen and oxygen atoms in total. The van der Waals surface area contributed by atoms with E-state index < -0.39 is 0 Å². The molecule has 4 heteroatoms. The van der Waals surface area contributed by atoms with Gasteiger partial charge < -0.3 is 5.32 Å². The van der Waals surface area contributed by atoms with E-state index in [1.807, 2.05) is 18.0 Å². The molecular formula is C12H21N3S. The lowest BCUT2D eigenvalue weighted by molar-refractivity contribution is 0.499. The molecule has 2 atom stereocenters. The van der Waals surface area contributed by atoms with Gasteiger partial charge in [-0.1, -0.05) is 0 Å². The van der Waals surface area contributed by atoms with Crippen molar-refractivity contribution in [2.45, 2.75) is 50.6 Å². The van der Waals surface area contributed by atoms with Crippen molar-refractivity contribution in [1.29, 1.82) is 0 Å².